The third kappa shape index (κ3) is 4.88. The Morgan fingerprint density at radius 1 is 0.966 bits per heavy atom. The lowest BCUT2D eigenvalue weighted by Gasteiger charge is -2.17. The number of carbonyl (C=O) groups is 1. The van der Waals surface area contributed by atoms with Gasteiger partial charge in [0, 0.05) is 17.8 Å². The summed E-state index contributed by atoms with van der Waals surface area (Å²) in [6.45, 7) is 4.92. The average molecular weight is 391 g/mol. The van der Waals surface area contributed by atoms with E-state index in [0.29, 0.717) is 24.7 Å². The highest BCUT2D eigenvalue weighted by molar-refractivity contribution is 5.88. The Kier molecular flexibility index (Phi) is 6.39. The number of para-hydroxylation sites is 1. The van der Waals surface area contributed by atoms with Crippen LogP contribution in [0.15, 0.2) is 60.7 Å². The Morgan fingerprint density at radius 2 is 1.72 bits per heavy atom. The summed E-state index contributed by atoms with van der Waals surface area (Å²) in [5.74, 6) is 0.445. The number of rotatable bonds is 8. The summed E-state index contributed by atoms with van der Waals surface area (Å²) in [7, 11) is 1.63. The second-order valence-electron chi connectivity index (χ2n) is 6.85. The van der Waals surface area contributed by atoms with E-state index in [4.69, 9.17) is 14.6 Å². The van der Waals surface area contributed by atoms with E-state index < -0.39 is 5.97 Å². The summed E-state index contributed by atoms with van der Waals surface area (Å²) >= 11 is 0. The first-order chi connectivity index (χ1) is 14.0. The largest absolute Gasteiger partial charge is 0.493 e. The maximum atomic E-state index is 11.1. The van der Waals surface area contributed by atoms with Crippen molar-refractivity contribution in [3.05, 3.63) is 88.5 Å². The van der Waals surface area contributed by atoms with Crippen LogP contribution in [0.4, 0.5) is 5.69 Å². The van der Waals surface area contributed by atoms with Crippen molar-refractivity contribution in [2.24, 2.45) is 0 Å². The van der Waals surface area contributed by atoms with Crippen LogP contribution < -0.4 is 14.8 Å². The van der Waals surface area contributed by atoms with Gasteiger partial charge in [0.05, 0.1) is 12.7 Å². The molecule has 0 saturated carbocycles. The van der Waals surface area contributed by atoms with Gasteiger partial charge in [-0.1, -0.05) is 36.4 Å². The minimum Gasteiger partial charge on any atom is -0.493 e. The third-order valence-electron chi connectivity index (χ3n) is 4.86. The first-order valence-corrected chi connectivity index (χ1v) is 9.40. The van der Waals surface area contributed by atoms with Gasteiger partial charge in [0.15, 0.2) is 11.5 Å². The number of carboxylic acid groups (broad SMARTS) is 1. The molecule has 5 heteroatoms. The molecule has 5 nitrogen and oxygen atoms in total. The third-order valence-corrected chi connectivity index (χ3v) is 4.86. The molecule has 0 unspecified atom stereocenters. The monoisotopic (exact) mass is 391 g/mol. The average Bonchev–Trinajstić information content (AvgIpc) is 2.72. The Morgan fingerprint density at radius 3 is 2.41 bits per heavy atom. The Balaban J connectivity index is 1.79. The molecule has 0 aromatic heterocycles. The second kappa shape index (κ2) is 9.15. The van der Waals surface area contributed by atoms with E-state index in [-0.39, 0.29) is 5.56 Å². The zero-order valence-electron chi connectivity index (χ0n) is 16.9. The number of nitrogens with one attached hydrogen (secondary N) is 1. The predicted molar refractivity (Wildman–Crippen MR) is 114 cm³/mol. The van der Waals surface area contributed by atoms with Gasteiger partial charge in [-0.2, -0.15) is 0 Å². The highest BCUT2D eigenvalue weighted by Gasteiger charge is 2.12. The number of carboxylic acids is 1. The molecule has 0 aliphatic heterocycles. The lowest BCUT2D eigenvalue weighted by molar-refractivity contribution is 0.0697. The van der Waals surface area contributed by atoms with Crippen molar-refractivity contribution in [3.63, 3.8) is 0 Å². The molecule has 0 radical (unpaired) electrons. The van der Waals surface area contributed by atoms with Crippen LogP contribution in [-0.2, 0) is 13.2 Å². The Hall–Kier alpha value is -3.47. The van der Waals surface area contributed by atoms with Crippen LogP contribution in [0.1, 0.15) is 32.6 Å². The predicted octanol–water partition coefficient (Wildman–Crippen LogP) is 5.20. The maximum absolute atomic E-state index is 11.1. The van der Waals surface area contributed by atoms with Crippen LogP contribution in [0, 0.1) is 13.8 Å². The first kappa shape index (κ1) is 20.3. The summed E-state index contributed by atoms with van der Waals surface area (Å²) in [6.07, 6.45) is 0. The van der Waals surface area contributed by atoms with E-state index in [9.17, 15) is 4.79 Å². The molecule has 0 heterocycles. The number of anilines is 1. The van der Waals surface area contributed by atoms with E-state index in [2.05, 4.69) is 24.4 Å². The van der Waals surface area contributed by atoms with Gasteiger partial charge in [0.1, 0.15) is 6.61 Å². The van der Waals surface area contributed by atoms with E-state index in [1.54, 1.807) is 25.3 Å². The van der Waals surface area contributed by atoms with Gasteiger partial charge in [0.25, 0.3) is 0 Å². The standard InChI is InChI=1S/C24H25NO4/c1-16-7-4-5-8-20(16)15-29-23-19(9-6-10-22(23)28-3)14-25-21-12-11-18(24(26)27)13-17(21)2/h4-13,25H,14-15H2,1-3H3,(H,26,27). The molecule has 0 fully saturated rings. The fraction of sp³-hybridized carbons (Fsp3) is 0.208. The molecule has 0 amide bonds. The van der Waals surface area contributed by atoms with Crippen molar-refractivity contribution in [3.8, 4) is 11.5 Å². The quantitative estimate of drug-likeness (QED) is 0.552. The van der Waals surface area contributed by atoms with Gasteiger partial charge in [-0.3, -0.25) is 0 Å². The van der Waals surface area contributed by atoms with Crippen molar-refractivity contribution in [1.82, 2.24) is 0 Å². The van der Waals surface area contributed by atoms with Crippen LogP contribution in [0.25, 0.3) is 0 Å². The Bertz CT molecular complexity index is 1010. The minimum atomic E-state index is -0.931. The number of aromatic carboxylic acids is 1. The highest BCUT2D eigenvalue weighted by Crippen LogP contribution is 2.33. The SMILES string of the molecule is COc1cccc(CNc2ccc(C(=O)O)cc2C)c1OCc1ccccc1C. The second-order valence-corrected chi connectivity index (χ2v) is 6.85. The molecular weight excluding hydrogens is 366 g/mol. The molecule has 2 N–H and O–H groups in total. The van der Waals surface area contributed by atoms with Gasteiger partial charge >= 0.3 is 5.97 Å². The van der Waals surface area contributed by atoms with Gasteiger partial charge < -0.3 is 19.9 Å². The molecule has 150 valence electrons. The first-order valence-electron chi connectivity index (χ1n) is 9.40. The molecule has 0 saturated heterocycles. The summed E-state index contributed by atoms with van der Waals surface area (Å²) in [4.78, 5) is 11.1. The smallest absolute Gasteiger partial charge is 0.335 e. The molecule has 29 heavy (non-hydrogen) atoms. The fourth-order valence-corrected chi connectivity index (χ4v) is 3.13. The van der Waals surface area contributed by atoms with Gasteiger partial charge in [-0.05, 0) is 54.8 Å². The van der Waals surface area contributed by atoms with Crippen molar-refractivity contribution >= 4 is 11.7 Å². The molecule has 3 rings (SSSR count). The molecule has 0 atom stereocenters. The zero-order valence-corrected chi connectivity index (χ0v) is 16.9. The van der Waals surface area contributed by atoms with Crippen LogP contribution in [0.5, 0.6) is 11.5 Å². The fourth-order valence-electron chi connectivity index (χ4n) is 3.13. The number of hydrogen-bond donors (Lipinski definition) is 2. The number of hydrogen-bond acceptors (Lipinski definition) is 4. The molecule has 0 spiro atoms. The van der Waals surface area contributed by atoms with Gasteiger partial charge in [-0.25, -0.2) is 4.79 Å². The Labute approximate surface area is 170 Å². The molecular formula is C24H25NO4. The zero-order chi connectivity index (χ0) is 20.8. The van der Waals surface area contributed by atoms with Gasteiger partial charge in [0.2, 0.25) is 0 Å². The molecule has 0 aliphatic carbocycles. The summed E-state index contributed by atoms with van der Waals surface area (Å²) < 4.78 is 11.7. The maximum Gasteiger partial charge on any atom is 0.335 e. The van der Waals surface area contributed by atoms with Crippen molar-refractivity contribution < 1.29 is 19.4 Å². The van der Waals surface area contributed by atoms with E-state index in [1.165, 1.54) is 5.56 Å². The number of methoxy groups -OCH3 is 1. The topological polar surface area (TPSA) is 67.8 Å². The van der Waals surface area contributed by atoms with Crippen LogP contribution in [-0.4, -0.2) is 18.2 Å². The molecule has 3 aromatic carbocycles. The van der Waals surface area contributed by atoms with E-state index in [0.717, 1.165) is 22.4 Å². The number of ether oxygens (including phenoxy) is 2. The van der Waals surface area contributed by atoms with Gasteiger partial charge in [-0.15, -0.1) is 0 Å². The molecule has 0 bridgehead atoms. The number of aryl methyl sites for hydroxylation is 2. The normalized spacial score (nSPS) is 10.4. The van der Waals surface area contributed by atoms with Crippen LogP contribution in [0.2, 0.25) is 0 Å². The molecule has 3 aromatic rings. The minimum absolute atomic E-state index is 0.275. The van der Waals surface area contributed by atoms with E-state index in [1.807, 2.05) is 37.3 Å². The lowest BCUT2D eigenvalue weighted by Crippen LogP contribution is -2.07. The highest BCUT2D eigenvalue weighted by atomic mass is 16.5. The van der Waals surface area contributed by atoms with Crippen molar-refractivity contribution in [1.29, 1.82) is 0 Å². The summed E-state index contributed by atoms with van der Waals surface area (Å²) in [5, 5.41) is 12.5. The molecule has 0 aliphatic rings. The van der Waals surface area contributed by atoms with Crippen molar-refractivity contribution in [2.75, 3.05) is 12.4 Å². The van der Waals surface area contributed by atoms with Crippen molar-refractivity contribution in [2.45, 2.75) is 27.0 Å². The van der Waals surface area contributed by atoms with E-state index >= 15 is 0 Å². The lowest BCUT2D eigenvalue weighted by atomic mass is 10.1. The number of benzene rings is 3. The van der Waals surface area contributed by atoms with Crippen LogP contribution in [0.3, 0.4) is 0 Å². The summed E-state index contributed by atoms with van der Waals surface area (Å²) in [6, 6.07) is 19.0. The van der Waals surface area contributed by atoms with Crippen LogP contribution >= 0.6 is 0 Å². The summed E-state index contributed by atoms with van der Waals surface area (Å²) in [5.41, 5.74) is 5.28.